The summed E-state index contributed by atoms with van der Waals surface area (Å²) in [6, 6.07) is 7.86. The number of nitrogens with zero attached hydrogens (tertiary/aromatic N) is 1. The third-order valence-electron chi connectivity index (χ3n) is 2.99. The third kappa shape index (κ3) is 2.58. The van der Waals surface area contributed by atoms with Gasteiger partial charge in [-0.15, -0.1) is 0 Å². The monoisotopic (exact) mass is 235 g/mol. The normalized spacial score (nSPS) is 20.1. The van der Waals surface area contributed by atoms with Gasteiger partial charge in [-0.3, -0.25) is 0 Å². The molecule has 0 aliphatic carbocycles. The van der Waals surface area contributed by atoms with Gasteiger partial charge < -0.3 is 14.4 Å². The first-order chi connectivity index (χ1) is 8.22. The summed E-state index contributed by atoms with van der Waals surface area (Å²) < 4.78 is 10.1. The molecule has 1 heterocycles. The number of morpholine rings is 1. The van der Waals surface area contributed by atoms with Crippen molar-refractivity contribution in [3.8, 4) is 0 Å². The van der Waals surface area contributed by atoms with Gasteiger partial charge in [0.1, 0.15) is 0 Å². The number of esters is 1. The summed E-state index contributed by atoms with van der Waals surface area (Å²) in [6.07, 6.45) is 0. The highest BCUT2D eigenvalue weighted by atomic mass is 16.5. The predicted molar refractivity (Wildman–Crippen MR) is 65.4 cm³/mol. The molecule has 4 heteroatoms. The molecule has 1 unspecified atom stereocenters. The van der Waals surface area contributed by atoms with E-state index < -0.39 is 0 Å². The Labute approximate surface area is 101 Å². The standard InChI is InChI=1S/C13H17NO3/c1-10-9-17-8-7-14(10)12-5-3-11(4-6-12)13(15)16-2/h3-6,10H,7-9H2,1-2H3. The molecule has 17 heavy (non-hydrogen) atoms. The van der Waals surface area contributed by atoms with E-state index in [0.717, 1.165) is 25.4 Å². The van der Waals surface area contributed by atoms with Crippen molar-refractivity contribution in [2.75, 3.05) is 31.8 Å². The summed E-state index contributed by atoms with van der Waals surface area (Å²) in [6.45, 7) is 4.52. The Morgan fingerprint density at radius 1 is 1.41 bits per heavy atom. The number of ether oxygens (including phenoxy) is 2. The van der Waals surface area contributed by atoms with Crippen LogP contribution < -0.4 is 4.90 Å². The molecule has 0 spiro atoms. The summed E-state index contributed by atoms with van der Waals surface area (Å²) in [5, 5.41) is 0. The van der Waals surface area contributed by atoms with Crippen LogP contribution in [0, 0.1) is 0 Å². The molecule has 0 aromatic heterocycles. The molecule has 2 rings (SSSR count). The fourth-order valence-electron chi connectivity index (χ4n) is 2.02. The summed E-state index contributed by atoms with van der Waals surface area (Å²) in [5.41, 5.74) is 1.70. The lowest BCUT2D eigenvalue weighted by Crippen LogP contribution is -2.43. The molecule has 1 atom stereocenters. The van der Waals surface area contributed by atoms with E-state index >= 15 is 0 Å². The molecule has 0 saturated carbocycles. The lowest BCUT2D eigenvalue weighted by molar-refractivity contribution is 0.0600. The zero-order valence-corrected chi connectivity index (χ0v) is 10.2. The van der Waals surface area contributed by atoms with Gasteiger partial charge >= 0.3 is 5.97 Å². The highest BCUT2D eigenvalue weighted by Crippen LogP contribution is 2.20. The van der Waals surface area contributed by atoms with E-state index in [1.54, 1.807) is 12.1 Å². The van der Waals surface area contributed by atoms with Crippen LogP contribution in [0.5, 0.6) is 0 Å². The lowest BCUT2D eigenvalue weighted by atomic mass is 10.1. The molecule has 0 bridgehead atoms. The average molecular weight is 235 g/mol. The number of carbonyl (C=O) groups excluding carboxylic acids is 1. The number of anilines is 1. The van der Waals surface area contributed by atoms with Crippen molar-refractivity contribution < 1.29 is 14.3 Å². The number of hydrogen-bond donors (Lipinski definition) is 0. The number of benzene rings is 1. The first kappa shape index (κ1) is 11.9. The van der Waals surface area contributed by atoms with Crippen molar-refractivity contribution in [2.45, 2.75) is 13.0 Å². The third-order valence-corrected chi connectivity index (χ3v) is 2.99. The first-order valence-corrected chi connectivity index (χ1v) is 5.75. The molecule has 1 aliphatic heterocycles. The molecule has 4 nitrogen and oxygen atoms in total. The summed E-state index contributed by atoms with van der Waals surface area (Å²) in [5.74, 6) is -0.299. The van der Waals surface area contributed by atoms with Gasteiger partial charge in [0.2, 0.25) is 0 Å². The van der Waals surface area contributed by atoms with E-state index in [1.807, 2.05) is 12.1 Å². The number of methoxy groups -OCH3 is 1. The Bertz CT molecular complexity index is 388. The minimum absolute atomic E-state index is 0.299. The first-order valence-electron chi connectivity index (χ1n) is 5.75. The zero-order chi connectivity index (χ0) is 12.3. The van der Waals surface area contributed by atoms with Crippen molar-refractivity contribution in [2.24, 2.45) is 0 Å². The molecule has 1 fully saturated rings. The van der Waals surface area contributed by atoms with Crippen molar-refractivity contribution in [3.05, 3.63) is 29.8 Å². The minimum Gasteiger partial charge on any atom is -0.465 e. The minimum atomic E-state index is -0.299. The Kier molecular flexibility index (Phi) is 3.64. The van der Waals surface area contributed by atoms with Gasteiger partial charge in [0, 0.05) is 18.3 Å². The van der Waals surface area contributed by atoms with Crippen LogP contribution in [0.2, 0.25) is 0 Å². The maximum Gasteiger partial charge on any atom is 0.337 e. The highest BCUT2D eigenvalue weighted by molar-refractivity contribution is 5.89. The lowest BCUT2D eigenvalue weighted by Gasteiger charge is -2.35. The van der Waals surface area contributed by atoms with Crippen molar-refractivity contribution >= 4 is 11.7 Å². The topological polar surface area (TPSA) is 38.8 Å². The van der Waals surface area contributed by atoms with Crippen LogP contribution >= 0.6 is 0 Å². The maximum absolute atomic E-state index is 11.3. The van der Waals surface area contributed by atoms with E-state index in [9.17, 15) is 4.79 Å². The van der Waals surface area contributed by atoms with E-state index in [0.29, 0.717) is 11.6 Å². The van der Waals surface area contributed by atoms with Crippen LogP contribution in [0.4, 0.5) is 5.69 Å². The average Bonchev–Trinajstić information content (AvgIpc) is 2.39. The molecule has 1 saturated heterocycles. The van der Waals surface area contributed by atoms with E-state index in [-0.39, 0.29) is 5.97 Å². The van der Waals surface area contributed by atoms with Gasteiger partial charge in [0.25, 0.3) is 0 Å². The Balaban J connectivity index is 2.14. The van der Waals surface area contributed by atoms with Gasteiger partial charge in [-0.25, -0.2) is 4.79 Å². The van der Waals surface area contributed by atoms with Crippen molar-refractivity contribution in [1.82, 2.24) is 0 Å². The van der Waals surface area contributed by atoms with Gasteiger partial charge in [0.15, 0.2) is 0 Å². The van der Waals surface area contributed by atoms with Gasteiger partial charge in [0.05, 0.1) is 25.9 Å². The molecule has 92 valence electrons. The van der Waals surface area contributed by atoms with E-state index in [4.69, 9.17) is 4.74 Å². The number of carbonyl (C=O) groups is 1. The quantitative estimate of drug-likeness (QED) is 0.731. The van der Waals surface area contributed by atoms with Crippen LogP contribution in [-0.4, -0.2) is 38.9 Å². The van der Waals surface area contributed by atoms with Gasteiger partial charge in [-0.1, -0.05) is 0 Å². The highest BCUT2D eigenvalue weighted by Gasteiger charge is 2.19. The second-order valence-corrected chi connectivity index (χ2v) is 4.16. The van der Waals surface area contributed by atoms with Crippen LogP contribution in [-0.2, 0) is 9.47 Å². The molecule has 1 aromatic carbocycles. The van der Waals surface area contributed by atoms with E-state index in [1.165, 1.54) is 7.11 Å². The summed E-state index contributed by atoms with van der Waals surface area (Å²) in [7, 11) is 1.39. The number of rotatable bonds is 2. The number of hydrogen-bond acceptors (Lipinski definition) is 4. The molecule has 1 aromatic rings. The molecule has 1 aliphatic rings. The molecular weight excluding hydrogens is 218 g/mol. The van der Waals surface area contributed by atoms with E-state index in [2.05, 4.69) is 16.6 Å². The molecule has 0 N–H and O–H groups in total. The Hall–Kier alpha value is -1.55. The predicted octanol–water partition coefficient (Wildman–Crippen LogP) is 1.70. The maximum atomic E-state index is 11.3. The van der Waals surface area contributed by atoms with Crippen LogP contribution in [0.1, 0.15) is 17.3 Å². The van der Waals surface area contributed by atoms with Crippen molar-refractivity contribution in [3.63, 3.8) is 0 Å². The summed E-state index contributed by atoms with van der Waals surface area (Å²) >= 11 is 0. The fraction of sp³-hybridized carbons (Fsp3) is 0.462. The zero-order valence-electron chi connectivity index (χ0n) is 10.2. The molecular formula is C13H17NO3. The van der Waals surface area contributed by atoms with Crippen molar-refractivity contribution in [1.29, 1.82) is 0 Å². The fourth-order valence-corrected chi connectivity index (χ4v) is 2.02. The van der Waals surface area contributed by atoms with Crippen LogP contribution in [0.25, 0.3) is 0 Å². The second kappa shape index (κ2) is 5.19. The Morgan fingerprint density at radius 3 is 2.71 bits per heavy atom. The van der Waals surface area contributed by atoms with Gasteiger partial charge in [-0.05, 0) is 31.2 Å². The van der Waals surface area contributed by atoms with Gasteiger partial charge in [-0.2, -0.15) is 0 Å². The van der Waals surface area contributed by atoms with Crippen LogP contribution in [0.3, 0.4) is 0 Å². The Morgan fingerprint density at radius 2 is 2.12 bits per heavy atom. The summed E-state index contributed by atoms with van der Waals surface area (Å²) in [4.78, 5) is 13.6. The SMILES string of the molecule is COC(=O)c1ccc(N2CCOCC2C)cc1. The molecule has 0 radical (unpaired) electrons. The van der Waals surface area contributed by atoms with Crippen LogP contribution in [0.15, 0.2) is 24.3 Å². The second-order valence-electron chi connectivity index (χ2n) is 4.16. The smallest absolute Gasteiger partial charge is 0.337 e. The largest absolute Gasteiger partial charge is 0.465 e. The molecule has 0 amide bonds.